The number of hydrogen-bond donors (Lipinski definition) is 1. The molecule has 0 spiro atoms. The van der Waals surface area contributed by atoms with E-state index in [1.807, 2.05) is 0 Å². The van der Waals surface area contributed by atoms with Gasteiger partial charge in [-0.3, -0.25) is 14.8 Å². The molecule has 0 radical (unpaired) electrons. The Hall–Kier alpha value is -2.86. The molecule has 0 bridgehead atoms. The first kappa shape index (κ1) is 17.9. The lowest BCUT2D eigenvalue weighted by atomic mass is 10.1. The van der Waals surface area contributed by atoms with Crippen LogP contribution in [-0.4, -0.2) is 54.4 Å². The van der Waals surface area contributed by atoms with Crippen LogP contribution in [0.5, 0.6) is 0 Å². The summed E-state index contributed by atoms with van der Waals surface area (Å²) in [6.07, 6.45) is 0.371. The zero-order chi connectivity index (χ0) is 18.9. The highest BCUT2D eigenvalue weighted by atomic mass is 19.4. The molecule has 1 N–H and O–H groups in total. The Balaban J connectivity index is 2.06. The summed E-state index contributed by atoms with van der Waals surface area (Å²) in [7, 11) is 1.34. The molecule has 0 saturated carbocycles. The number of anilines is 1. The topological polar surface area (TPSA) is 67.4 Å². The maximum Gasteiger partial charge on any atom is 0.416 e. The molecule has 1 fully saturated rings. The van der Waals surface area contributed by atoms with E-state index in [0.717, 1.165) is 0 Å². The van der Waals surface area contributed by atoms with Crippen molar-refractivity contribution in [1.82, 2.24) is 15.3 Å². The van der Waals surface area contributed by atoms with Gasteiger partial charge in [-0.1, -0.05) is 5.92 Å². The van der Waals surface area contributed by atoms with E-state index in [9.17, 15) is 18.0 Å². The molecule has 1 aliphatic rings. The summed E-state index contributed by atoms with van der Waals surface area (Å²) in [6, 6.07) is 3.19. The Labute approximate surface area is 147 Å². The van der Waals surface area contributed by atoms with Crippen LogP contribution in [0, 0.1) is 12.3 Å². The van der Waals surface area contributed by atoms with Crippen molar-refractivity contribution in [3.8, 4) is 12.3 Å². The fourth-order valence-corrected chi connectivity index (χ4v) is 2.86. The van der Waals surface area contributed by atoms with E-state index in [4.69, 9.17) is 11.2 Å². The van der Waals surface area contributed by atoms with Gasteiger partial charge in [-0.25, -0.2) is 0 Å². The third-order valence-corrected chi connectivity index (χ3v) is 4.10. The first-order chi connectivity index (χ1) is 12.3. The van der Waals surface area contributed by atoms with Crippen molar-refractivity contribution in [3.63, 3.8) is 0 Å². The average Bonchev–Trinajstić information content (AvgIpc) is 2.65. The lowest BCUT2D eigenvalue weighted by Gasteiger charge is -2.39. The number of carbonyl (C=O) groups excluding carboxylic acids is 1. The molecule has 9 heteroatoms. The Kier molecular flexibility index (Phi) is 4.70. The van der Waals surface area contributed by atoms with Crippen molar-refractivity contribution in [3.05, 3.63) is 30.1 Å². The van der Waals surface area contributed by atoms with Crippen LogP contribution >= 0.6 is 0 Å². The summed E-state index contributed by atoms with van der Waals surface area (Å²) >= 11 is 0. The molecule has 2 unspecified atom stereocenters. The maximum atomic E-state index is 13.3. The van der Waals surface area contributed by atoms with Gasteiger partial charge in [0, 0.05) is 19.4 Å². The Morgan fingerprint density at radius 2 is 2.00 bits per heavy atom. The molecule has 1 saturated heterocycles. The van der Waals surface area contributed by atoms with E-state index in [-0.39, 0.29) is 6.54 Å². The van der Waals surface area contributed by atoms with Crippen LogP contribution in [0.25, 0.3) is 11.0 Å². The minimum atomic E-state index is -4.61. The van der Waals surface area contributed by atoms with Crippen LogP contribution < -0.4 is 10.2 Å². The van der Waals surface area contributed by atoms with Crippen molar-refractivity contribution in [2.24, 2.45) is 0 Å². The number of alkyl halides is 3. The maximum absolute atomic E-state index is 13.3. The predicted octanol–water partition coefficient (Wildman–Crippen LogP) is 1.49. The molecule has 2 atom stereocenters. The molecule has 26 heavy (non-hydrogen) atoms. The zero-order valence-corrected chi connectivity index (χ0v) is 13.7. The quantitative estimate of drug-likeness (QED) is 0.818. The number of fused-ring (bicyclic) bond motifs is 1. The summed E-state index contributed by atoms with van der Waals surface area (Å²) in [6.45, 7) is -0.509. The molecule has 3 rings (SSSR count). The summed E-state index contributed by atoms with van der Waals surface area (Å²) in [4.78, 5) is 21.7. The van der Waals surface area contributed by atoms with E-state index >= 15 is 0 Å². The fraction of sp³-hybridized carbons (Fsp3) is 0.353. The minimum absolute atomic E-state index is 0.0483. The highest BCUT2D eigenvalue weighted by Gasteiger charge is 2.47. The summed E-state index contributed by atoms with van der Waals surface area (Å²) < 4.78 is 44.8. The fourth-order valence-electron chi connectivity index (χ4n) is 2.86. The standard InChI is InChI=1S/C17H15F3N4O2/c1-3-10-4-5-11(15-14(10)22-6-7-23-15)24-8-12(16(25)21-2)26-13(9-24)17(18,19)20/h1,4-7,12-13H,8-9H2,2H3,(H,21,25). The van der Waals surface area contributed by atoms with Gasteiger partial charge in [0.25, 0.3) is 5.91 Å². The van der Waals surface area contributed by atoms with Crippen LogP contribution in [-0.2, 0) is 9.53 Å². The Bertz CT molecular complexity index is 878. The number of ether oxygens (including phenoxy) is 1. The number of amides is 1. The highest BCUT2D eigenvalue weighted by molar-refractivity contribution is 5.92. The number of nitrogens with zero attached hydrogens (tertiary/aromatic N) is 3. The number of hydrogen-bond acceptors (Lipinski definition) is 5. The van der Waals surface area contributed by atoms with E-state index < -0.39 is 30.8 Å². The molecule has 136 valence electrons. The van der Waals surface area contributed by atoms with Crippen molar-refractivity contribution >= 4 is 22.6 Å². The number of terminal acetylenes is 1. The SMILES string of the molecule is C#Cc1ccc(N2CC(C(=O)NC)OC(C(F)(F)F)C2)c2nccnc12. The van der Waals surface area contributed by atoms with E-state index in [0.29, 0.717) is 22.3 Å². The van der Waals surface area contributed by atoms with Gasteiger partial charge < -0.3 is 15.0 Å². The van der Waals surface area contributed by atoms with Crippen molar-refractivity contribution in [1.29, 1.82) is 0 Å². The lowest BCUT2D eigenvalue weighted by Crippen LogP contribution is -2.57. The second-order valence-electron chi connectivity index (χ2n) is 5.70. The van der Waals surface area contributed by atoms with E-state index in [1.165, 1.54) is 24.3 Å². The van der Waals surface area contributed by atoms with Gasteiger partial charge in [-0.2, -0.15) is 13.2 Å². The smallest absolute Gasteiger partial charge is 0.364 e. The number of nitrogens with one attached hydrogen (secondary N) is 1. The van der Waals surface area contributed by atoms with Crippen molar-refractivity contribution in [2.75, 3.05) is 25.0 Å². The third-order valence-electron chi connectivity index (χ3n) is 4.10. The molecule has 2 heterocycles. The van der Waals surface area contributed by atoms with Crippen molar-refractivity contribution < 1.29 is 22.7 Å². The first-order valence-electron chi connectivity index (χ1n) is 7.74. The Morgan fingerprint density at radius 3 is 2.62 bits per heavy atom. The van der Waals surface area contributed by atoms with Crippen molar-refractivity contribution in [2.45, 2.75) is 18.4 Å². The van der Waals surface area contributed by atoms with E-state index in [2.05, 4.69) is 21.2 Å². The number of rotatable bonds is 2. The monoisotopic (exact) mass is 364 g/mol. The number of aromatic nitrogens is 2. The molecule has 0 aliphatic carbocycles. The predicted molar refractivity (Wildman–Crippen MR) is 88.5 cm³/mol. The van der Waals surface area contributed by atoms with Gasteiger partial charge in [0.2, 0.25) is 0 Å². The molecule has 1 aromatic carbocycles. The minimum Gasteiger partial charge on any atom is -0.364 e. The number of likely N-dealkylation sites (N-methyl/N-ethyl adjacent to an activating group) is 1. The summed E-state index contributed by atoms with van der Waals surface area (Å²) in [5, 5.41) is 2.32. The van der Waals surface area contributed by atoms with Gasteiger partial charge in [-0.05, 0) is 12.1 Å². The zero-order valence-electron chi connectivity index (χ0n) is 13.7. The molecular weight excluding hydrogens is 349 g/mol. The van der Waals surface area contributed by atoms with Gasteiger partial charge in [0.1, 0.15) is 11.0 Å². The molecule has 1 amide bonds. The van der Waals surface area contributed by atoms with Crippen LogP contribution in [0.4, 0.5) is 18.9 Å². The second kappa shape index (κ2) is 6.80. The Morgan fingerprint density at radius 1 is 1.31 bits per heavy atom. The van der Waals surface area contributed by atoms with Crippen LogP contribution in [0.2, 0.25) is 0 Å². The number of halogens is 3. The molecule has 1 aliphatic heterocycles. The van der Waals surface area contributed by atoms with Crippen LogP contribution in [0.1, 0.15) is 5.56 Å². The number of morpholine rings is 1. The summed E-state index contributed by atoms with van der Waals surface area (Å²) in [5.41, 5.74) is 1.69. The molecule has 6 nitrogen and oxygen atoms in total. The molecule has 1 aromatic heterocycles. The number of benzene rings is 1. The first-order valence-corrected chi connectivity index (χ1v) is 7.74. The third kappa shape index (κ3) is 3.28. The normalized spacial score (nSPS) is 20.7. The molecule has 2 aromatic rings. The lowest BCUT2D eigenvalue weighted by molar-refractivity contribution is -0.233. The van der Waals surface area contributed by atoms with E-state index in [1.54, 1.807) is 12.1 Å². The highest BCUT2D eigenvalue weighted by Crippen LogP contribution is 2.33. The summed E-state index contributed by atoms with van der Waals surface area (Å²) in [5.74, 6) is 1.85. The molecular formula is C17H15F3N4O2. The van der Waals surface area contributed by atoms with Crippen LogP contribution in [0.3, 0.4) is 0 Å². The van der Waals surface area contributed by atoms with Gasteiger partial charge >= 0.3 is 6.18 Å². The largest absolute Gasteiger partial charge is 0.416 e. The van der Waals surface area contributed by atoms with Gasteiger partial charge in [0.05, 0.1) is 24.3 Å². The van der Waals surface area contributed by atoms with Crippen LogP contribution in [0.15, 0.2) is 24.5 Å². The van der Waals surface area contributed by atoms with Gasteiger partial charge in [0.15, 0.2) is 12.2 Å². The second-order valence-corrected chi connectivity index (χ2v) is 5.70. The number of carbonyl (C=O) groups is 1. The van der Waals surface area contributed by atoms with Gasteiger partial charge in [-0.15, -0.1) is 6.42 Å². The average molecular weight is 364 g/mol.